The maximum Gasteiger partial charge on any atom is 0.265 e. The SMILES string of the molecule is O=C(Nc1ccc(Cl)cc1)c1ccc(SCc2ccncc2)s1. The molecule has 0 unspecified atom stereocenters. The average molecular weight is 361 g/mol. The topological polar surface area (TPSA) is 42.0 Å². The Bertz CT molecular complexity index is 788. The second-order valence-electron chi connectivity index (χ2n) is 4.72. The molecule has 3 nitrogen and oxygen atoms in total. The lowest BCUT2D eigenvalue weighted by Crippen LogP contribution is -2.09. The van der Waals surface area contributed by atoms with Gasteiger partial charge in [-0.1, -0.05) is 11.6 Å². The number of nitrogens with one attached hydrogen (secondary N) is 1. The van der Waals surface area contributed by atoms with Crippen molar-refractivity contribution < 1.29 is 4.79 Å². The number of hydrogen-bond donors (Lipinski definition) is 1. The van der Waals surface area contributed by atoms with Crippen LogP contribution in [0.15, 0.2) is 65.1 Å². The van der Waals surface area contributed by atoms with Crippen LogP contribution in [0.3, 0.4) is 0 Å². The Labute approximate surface area is 147 Å². The molecule has 0 radical (unpaired) electrons. The molecule has 0 aliphatic carbocycles. The van der Waals surface area contributed by atoms with Crippen molar-refractivity contribution in [3.05, 3.63) is 76.4 Å². The highest BCUT2D eigenvalue weighted by Gasteiger charge is 2.10. The summed E-state index contributed by atoms with van der Waals surface area (Å²) in [5.41, 5.74) is 1.95. The van der Waals surface area contributed by atoms with E-state index in [0.717, 1.165) is 15.6 Å². The lowest BCUT2D eigenvalue weighted by atomic mass is 10.3. The highest BCUT2D eigenvalue weighted by molar-refractivity contribution is 8.00. The standard InChI is InChI=1S/C17H13ClN2OS2/c18-13-1-3-14(4-2-13)20-17(21)15-5-6-16(23-15)22-11-12-7-9-19-10-8-12/h1-10H,11H2,(H,20,21). The quantitative estimate of drug-likeness (QED) is 0.624. The number of thiophene rings is 1. The van der Waals surface area contributed by atoms with Crippen molar-refractivity contribution in [3.8, 4) is 0 Å². The van der Waals surface area contributed by atoms with Crippen LogP contribution in [0.25, 0.3) is 0 Å². The van der Waals surface area contributed by atoms with Crippen LogP contribution in [0, 0.1) is 0 Å². The number of hydrogen-bond acceptors (Lipinski definition) is 4. The molecular weight excluding hydrogens is 348 g/mol. The number of halogens is 1. The zero-order valence-corrected chi connectivity index (χ0v) is 14.4. The molecule has 0 aliphatic rings. The van der Waals surface area contributed by atoms with Gasteiger partial charge in [0.2, 0.25) is 0 Å². The molecular formula is C17H13ClN2OS2. The van der Waals surface area contributed by atoms with Crippen LogP contribution in [0.2, 0.25) is 5.02 Å². The van der Waals surface area contributed by atoms with E-state index in [1.165, 1.54) is 16.9 Å². The third kappa shape index (κ3) is 4.58. The summed E-state index contributed by atoms with van der Waals surface area (Å²) in [6.45, 7) is 0. The molecule has 0 fully saturated rings. The molecule has 0 atom stereocenters. The van der Waals surface area contributed by atoms with Gasteiger partial charge in [-0.15, -0.1) is 23.1 Å². The minimum Gasteiger partial charge on any atom is -0.321 e. The maximum absolute atomic E-state index is 12.2. The fourth-order valence-electron chi connectivity index (χ4n) is 1.88. The monoisotopic (exact) mass is 360 g/mol. The van der Waals surface area contributed by atoms with Crippen molar-refractivity contribution in [2.45, 2.75) is 9.96 Å². The van der Waals surface area contributed by atoms with E-state index in [1.54, 1.807) is 48.4 Å². The normalized spacial score (nSPS) is 10.5. The van der Waals surface area contributed by atoms with E-state index in [1.807, 2.05) is 24.3 Å². The van der Waals surface area contributed by atoms with Crippen LogP contribution in [0.4, 0.5) is 5.69 Å². The van der Waals surface area contributed by atoms with Crippen LogP contribution < -0.4 is 5.32 Å². The fraction of sp³-hybridized carbons (Fsp3) is 0.0588. The van der Waals surface area contributed by atoms with Gasteiger partial charge in [0.05, 0.1) is 9.09 Å². The number of aromatic nitrogens is 1. The third-order valence-electron chi connectivity index (χ3n) is 3.04. The van der Waals surface area contributed by atoms with E-state index in [9.17, 15) is 4.79 Å². The van der Waals surface area contributed by atoms with Crippen molar-refractivity contribution in [3.63, 3.8) is 0 Å². The summed E-state index contributed by atoms with van der Waals surface area (Å²) >= 11 is 9.04. The van der Waals surface area contributed by atoms with Gasteiger partial charge in [-0.05, 0) is 54.1 Å². The van der Waals surface area contributed by atoms with Crippen molar-refractivity contribution in [2.75, 3.05) is 5.32 Å². The van der Waals surface area contributed by atoms with Gasteiger partial charge in [0.1, 0.15) is 0 Å². The van der Waals surface area contributed by atoms with Crippen LogP contribution in [0.1, 0.15) is 15.2 Å². The first-order valence-electron chi connectivity index (χ1n) is 6.89. The van der Waals surface area contributed by atoms with Crippen molar-refractivity contribution in [1.82, 2.24) is 4.98 Å². The van der Waals surface area contributed by atoms with Crippen molar-refractivity contribution in [1.29, 1.82) is 0 Å². The zero-order valence-electron chi connectivity index (χ0n) is 12.0. The summed E-state index contributed by atoms with van der Waals surface area (Å²) in [4.78, 5) is 16.9. The Morgan fingerprint density at radius 2 is 1.83 bits per heavy atom. The van der Waals surface area contributed by atoms with Gasteiger partial charge >= 0.3 is 0 Å². The highest BCUT2D eigenvalue weighted by atomic mass is 35.5. The van der Waals surface area contributed by atoms with Gasteiger partial charge in [-0.3, -0.25) is 9.78 Å². The molecule has 116 valence electrons. The van der Waals surface area contributed by atoms with Crippen LogP contribution in [-0.4, -0.2) is 10.9 Å². The van der Waals surface area contributed by atoms with Gasteiger partial charge in [-0.2, -0.15) is 0 Å². The summed E-state index contributed by atoms with van der Waals surface area (Å²) in [5, 5.41) is 3.52. The summed E-state index contributed by atoms with van der Waals surface area (Å²) < 4.78 is 1.11. The molecule has 0 bridgehead atoms. The summed E-state index contributed by atoms with van der Waals surface area (Å²) in [7, 11) is 0. The molecule has 0 spiro atoms. The number of carbonyl (C=O) groups excluding carboxylic acids is 1. The van der Waals surface area contributed by atoms with E-state index in [-0.39, 0.29) is 5.91 Å². The van der Waals surface area contributed by atoms with Gasteiger partial charge in [-0.25, -0.2) is 0 Å². The molecule has 2 heterocycles. The first-order chi connectivity index (χ1) is 11.2. The Hall–Kier alpha value is -1.82. The first kappa shape index (κ1) is 16.1. The predicted octanol–water partition coefficient (Wildman–Crippen LogP) is 5.34. The molecule has 1 aromatic carbocycles. The molecule has 2 aromatic heterocycles. The van der Waals surface area contributed by atoms with E-state index in [0.29, 0.717) is 9.90 Å². The molecule has 1 N–H and O–H groups in total. The van der Waals surface area contributed by atoms with Crippen molar-refractivity contribution in [2.24, 2.45) is 0 Å². The third-order valence-corrected chi connectivity index (χ3v) is 5.67. The number of carbonyl (C=O) groups is 1. The van der Waals surface area contributed by atoms with E-state index < -0.39 is 0 Å². The maximum atomic E-state index is 12.2. The number of pyridine rings is 1. The van der Waals surface area contributed by atoms with Gasteiger partial charge < -0.3 is 5.32 Å². The molecule has 0 aliphatic heterocycles. The minimum atomic E-state index is -0.104. The van der Waals surface area contributed by atoms with Crippen LogP contribution >= 0.6 is 34.7 Å². The number of benzene rings is 1. The number of thioether (sulfide) groups is 1. The fourth-order valence-corrected chi connectivity index (χ4v) is 3.99. The minimum absolute atomic E-state index is 0.104. The second-order valence-corrected chi connectivity index (χ2v) is 7.52. The molecule has 0 saturated heterocycles. The predicted molar refractivity (Wildman–Crippen MR) is 97.5 cm³/mol. The van der Waals surface area contributed by atoms with Gasteiger partial charge in [0.25, 0.3) is 5.91 Å². The molecule has 0 saturated carbocycles. The lowest BCUT2D eigenvalue weighted by molar-refractivity contribution is 0.103. The van der Waals surface area contributed by atoms with Crippen LogP contribution in [0.5, 0.6) is 0 Å². The number of amides is 1. The Morgan fingerprint density at radius 3 is 2.57 bits per heavy atom. The van der Waals surface area contributed by atoms with Crippen molar-refractivity contribution >= 4 is 46.3 Å². The van der Waals surface area contributed by atoms with E-state index in [4.69, 9.17) is 11.6 Å². The second kappa shape index (κ2) is 7.64. The zero-order chi connectivity index (χ0) is 16.1. The van der Waals surface area contributed by atoms with E-state index >= 15 is 0 Å². The number of rotatable bonds is 5. The summed E-state index contributed by atoms with van der Waals surface area (Å²) in [6, 6.07) is 14.9. The average Bonchev–Trinajstić information content (AvgIpc) is 3.05. The molecule has 23 heavy (non-hydrogen) atoms. The number of nitrogens with zero attached hydrogens (tertiary/aromatic N) is 1. The van der Waals surface area contributed by atoms with E-state index in [2.05, 4.69) is 10.3 Å². The smallest absolute Gasteiger partial charge is 0.265 e. The molecule has 3 aromatic rings. The van der Waals surface area contributed by atoms with Gasteiger partial charge in [0.15, 0.2) is 0 Å². The molecule has 6 heteroatoms. The Kier molecular flexibility index (Phi) is 5.33. The highest BCUT2D eigenvalue weighted by Crippen LogP contribution is 2.30. The van der Waals surface area contributed by atoms with Crippen LogP contribution in [-0.2, 0) is 5.75 Å². The lowest BCUT2D eigenvalue weighted by Gasteiger charge is -2.03. The molecule has 3 rings (SSSR count). The summed E-state index contributed by atoms with van der Waals surface area (Å²) in [5.74, 6) is 0.759. The largest absolute Gasteiger partial charge is 0.321 e. The Balaban J connectivity index is 1.59. The Morgan fingerprint density at radius 1 is 1.09 bits per heavy atom. The summed E-state index contributed by atoms with van der Waals surface area (Å²) in [6.07, 6.45) is 3.57. The van der Waals surface area contributed by atoms with Gasteiger partial charge in [0, 0.05) is 28.9 Å². The number of anilines is 1. The molecule has 1 amide bonds. The first-order valence-corrected chi connectivity index (χ1v) is 9.07.